The Hall–Kier alpha value is -2.16. The molecule has 0 bridgehead atoms. The lowest BCUT2D eigenvalue weighted by Crippen LogP contribution is -2.39. The molecule has 2 aromatic rings. The van der Waals surface area contributed by atoms with Gasteiger partial charge < -0.3 is 9.47 Å². The molecule has 136 valence electrons. The van der Waals surface area contributed by atoms with Gasteiger partial charge in [0, 0.05) is 22.5 Å². The second kappa shape index (κ2) is 6.86. The molecule has 2 heterocycles. The van der Waals surface area contributed by atoms with Crippen LogP contribution in [-0.2, 0) is 16.0 Å². The van der Waals surface area contributed by atoms with Gasteiger partial charge in [0.05, 0.1) is 26.0 Å². The van der Waals surface area contributed by atoms with Gasteiger partial charge in [-0.25, -0.2) is 4.68 Å². The summed E-state index contributed by atoms with van der Waals surface area (Å²) in [5.74, 6) is 7.19. The van der Waals surface area contributed by atoms with Crippen LogP contribution in [0.15, 0.2) is 24.4 Å². The van der Waals surface area contributed by atoms with Crippen molar-refractivity contribution in [3.05, 3.63) is 35.5 Å². The molecule has 4 rings (SSSR count). The summed E-state index contributed by atoms with van der Waals surface area (Å²) in [7, 11) is 0. The fraction of sp³-hybridized carbons (Fsp3) is 0.524. The monoisotopic (exact) mass is 351 g/mol. The van der Waals surface area contributed by atoms with Crippen LogP contribution in [0.25, 0.3) is 11.3 Å². The molecule has 5 nitrogen and oxygen atoms in total. The predicted octanol–water partition coefficient (Wildman–Crippen LogP) is 3.41. The van der Waals surface area contributed by atoms with E-state index >= 15 is 0 Å². The van der Waals surface area contributed by atoms with E-state index in [0.29, 0.717) is 25.7 Å². The minimum atomic E-state index is -0.265. The highest BCUT2D eigenvalue weighted by Gasteiger charge is 2.28. The lowest BCUT2D eigenvalue weighted by Gasteiger charge is -2.34. The van der Waals surface area contributed by atoms with Crippen molar-refractivity contribution in [3.8, 4) is 23.1 Å². The second-order valence-electron chi connectivity index (χ2n) is 8.11. The van der Waals surface area contributed by atoms with Crippen LogP contribution in [-0.4, -0.2) is 34.5 Å². The molecule has 0 N–H and O–H groups in total. The Morgan fingerprint density at radius 2 is 2.00 bits per heavy atom. The Balaban J connectivity index is 1.43. The van der Waals surface area contributed by atoms with Crippen LogP contribution in [0.3, 0.4) is 0 Å². The number of hydrogen-bond acceptors (Lipinski definition) is 4. The molecular weight excluding hydrogens is 326 g/mol. The highest BCUT2D eigenvalue weighted by Crippen LogP contribution is 2.28. The van der Waals surface area contributed by atoms with Crippen molar-refractivity contribution >= 4 is 0 Å². The van der Waals surface area contributed by atoms with Crippen molar-refractivity contribution in [1.82, 2.24) is 15.0 Å². The van der Waals surface area contributed by atoms with Crippen LogP contribution in [0.2, 0.25) is 0 Å². The number of hydrogen-bond donors (Lipinski definition) is 0. The molecule has 1 aromatic carbocycles. The molecule has 1 saturated heterocycles. The van der Waals surface area contributed by atoms with E-state index in [-0.39, 0.29) is 11.7 Å². The molecule has 1 aromatic heterocycles. The van der Waals surface area contributed by atoms with Crippen LogP contribution in [0.5, 0.6) is 0 Å². The molecule has 1 aliphatic heterocycles. The molecule has 1 aliphatic carbocycles. The maximum Gasteiger partial charge on any atom is 0.177 e. The standard InChI is InChI=1S/C21H25N3O2/c1-15-10-17(7-6-16-4-5-16)8-9-18(15)19-11-24(23-22-19)12-20-25-13-21(2,3)14-26-20/h8-11,16,20H,4-5,12-14H2,1-3H3. The largest absolute Gasteiger partial charge is 0.350 e. The maximum absolute atomic E-state index is 5.78. The van der Waals surface area contributed by atoms with Crippen molar-refractivity contribution < 1.29 is 9.47 Å². The van der Waals surface area contributed by atoms with Gasteiger partial charge in [-0.05, 0) is 37.5 Å². The molecule has 0 spiro atoms. The Bertz CT molecular complexity index is 846. The first kappa shape index (κ1) is 17.3. The molecule has 2 aliphatic rings. The van der Waals surface area contributed by atoms with Gasteiger partial charge in [-0.1, -0.05) is 37.0 Å². The molecule has 5 heteroatoms. The lowest BCUT2D eigenvalue weighted by atomic mass is 9.96. The van der Waals surface area contributed by atoms with E-state index < -0.39 is 0 Å². The van der Waals surface area contributed by atoms with Gasteiger partial charge >= 0.3 is 0 Å². The molecule has 26 heavy (non-hydrogen) atoms. The molecule has 0 atom stereocenters. The highest BCUT2D eigenvalue weighted by molar-refractivity contribution is 5.64. The first-order chi connectivity index (χ1) is 12.5. The van der Waals surface area contributed by atoms with Crippen LogP contribution in [0, 0.1) is 30.1 Å². The molecule has 0 amide bonds. The third-order valence-electron chi connectivity index (χ3n) is 4.70. The van der Waals surface area contributed by atoms with Gasteiger partial charge in [0.15, 0.2) is 6.29 Å². The summed E-state index contributed by atoms with van der Waals surface area (Å²) in [6, 6.07) is 6.27. The molecule has 2 fully saturated rings. The van der Waals surface area contributed by atoms with Crippen molar-refractivity contribution in [2.75, 3.05) is 13.2 Å². The second-order valence-corrected chi connectivity index (χ2v) is 8.11. The Kier molecular flexibility index (Phi) is 4.56. The minimum Gasteiger partial charge on any atom is -0.350 e. The molecule has 0 unspecified atom stereocenters. The summed E-state index contributed by atoms with van der Waals surface area (Å²) in [6.07, 6.45) is 4.18. The third-order valence-corrected chi connectivity index (χ3v) is 4.70. The smallest absolute Gasteiger partial charge is 0.177 e. The zero-order valence-corrected chi connectivity index (χ0v) is 15.7. The fourth-order valence-corrected chi connectivity index (χ4v) is 2.94. The van der Waals surface area contributed by atoms with Crippen molar-refractivity contribution in [1.29, 1.82) is 0 Å². The average molecular weight is 351 g/mol. The third kappa shape index (κ3) is 4.14. The van der Waals surface area contributed by atoms with Gasteiger partial charge in [0.25, 0.3) is 0 Å². The minimum absolute atomic E-state index is 0.0747. The van der Waals surface area contributed by atoms with Crippen molar-refractivity contribution in [2.45, 2.75) is 46.4 Å². The lowest BCUT2D eigenvalue weighted by molar-refractivity contribution is -0.227. The summed E-state index contributed by atoms with van der Waals surface area (Å²) >= 11 is 0. The van der Waals surface area contributed by atoms with Crippen LogP contribution < -0.4 is 0 Å². The van der Waals surface area contributed by atoms with E-state index in [2.05, 4.69) is 61.1 Å². The number of benzene rings is 1. The van der Waals surface area contributed by atoms with Crippen LogP contribution in [0.4, 0.5) is 0 Å². The zero-order valence-electron chi connectivity index (χ0n) is 15.7. The van der Waals surface area contributed by atoms with E-state index in [9.17, 15) is 0 Å². The first-order valence-electron chi connectivity index (χ1n) is 9.24. The number of aromatic nitrogens is 3. The number of ether oxygens (including phenoxy) is 2. The van der Waals surface area contributed by atoms with Gasteiger partial charge in [0.1, 0.15) is 5.69 Å². The summed E-state index contributed by atoms with van der Waals surface area (Å²) in [5.41, 5.74) is 4.24. The number of nitrogens with zero attached hydrogens (tertiary/aromatic N) is 3. The predicted molar refractivity (Wildman–Crippen MR) is 99.3 cm³/mol. The first-order valence-corrected chi connectivity index (χ1v) is 9.24. The van der Waals surface area contributed by atoms with E-state index in [1.807, 2.05) is 6.20 Å². The van der Waals surface area contributed by atoms with Gasteiger partial charge in [-0.15, -0.1) is 5.10 Å². The molecular formula is C21H25N3O2. The van der Waals surface area contributed by atoms with Crippen LogP contribution in [0.1, 0.15) is 37.8 Å². The topological polar surface area (TPSA) is 49.2 Å². The fourth-order valence-electron chi connectivity index (χ4n) is 2.94. The summed E-state index contributed by atoms with van der Waals surface area (Å²) < 4.78 is 13.3. The Labute approximate surface area is 154 Å². The number of aryl methyl sites for hydroxylation is 1. The Morgan fingerprint density at radius 3 is 2.69 bits per heavy atom. The van der Waals surface area contributed by atoms with Crippen molar-refractivity contribution in [2.24, 2.45) is 11.3 Å². The SMILES string of the molecule is Cc1cc(C#CC2CC2)ccc1-c1cn(CC2OCC(C)(C)CO2)nn1. The highest BCUT2D eigenvalue weighted by atomic mass is 16.7. The van der Waals surface area contributed by atoms with Crippen LogP contribution >= 0.6 is 0 Å². The van der Waals surface area contributed by atoms with E-state index in [1.165, 1.54) is 12.8 Å². The zero-order chi connectivity index (χ0) is 18.1. The maximum atomic E-state index is 5.78. The molecule has 0 radical (unpaired) electrons. The molecule has 1 saturated carbocycles. The number of rotatable bonds is 3. The average Bonchev–Trinajstić information content (AvgIpc) is 3.33. The Morgan fingerprint density at radius 1 is 1.23 bits per heavy atom. The summed E-state index contributed by atoms with van der Waals surface area (Å²) in [6.45, 7) is 8.30. The van der Waals surface area contributed by atoms with E-state index in [1.54, 1.807) is 4.68 Å². The van der Waals surface area contributed by atoms with Gasteiger partial charge in [-0.3, -0.25) is 0 Å². The van der Waals surface area contributed by atoms with Gasteiger partial charge in [-0.2, -0.15) is 0 Å². The summed E-state index contributed by atoms with van der Waals surface area (Å²) in [4.78, 5) is 0. The quantitative estimate of drug-likeness (QED) is 0.795. The summed E-state index contributed by atoms with van der Waals surface area (Å²) in [5, 5.41) is 8.55. The van der Waals surface area contributed by atoms with Crippen molar-refractivity contribution in [3.63, 3.8) is 0 Å². The van der Waals surface area contributed by atoms with E-state index in [0.717, 1.165) is 22.4 Å². The van der Waals surface area contributed by atoms with Gasteiger partial charge in [0.2, 0.25) is 0 Å². The normalized spacial score (nSPS) is 19.8. The van der Waals surface area contributed by atoms with E-state index in [4.69, 9.17) is 9.47 Å².